The van der Waals surface area contributed by atoms with Crippen LogP contribution in [0, 0.1) is 0 Å². The lowest BCUT2D eigenvalue weighted by Crippen LogP contribution is -2.14. The lowest BCUT2D eigenvalue weighted by Gasteiger charge is -2.10. The first-order valence-electron chi connectivity index (χ1n) is 11.1. The molecule has 0 aliphatic carbocycles. The third kappa shape index (κ3) is 7.12. The molecule has 0 atom stereocenters. The molecular formula is C26H28N2O5. The number of benzene rings is 2. The molecule has 4 aromatic rings. The van der Waals surface area contributed by atoms with Gasteiger partial charge in [0.25, 0.3) is 0 Å². The minimum atomic E-state index is 0.477. The van der Waals surface area contributed by atoms with E-state index >= 15 is 0 Å². The van der Waals surface area contributed by atoms with Crippen LogP contribution in [0.25, 0.3) is 21.8 Å². The summed E-state index contributed by atoms with van der Waals surface area (Å²) in [5.74, 6) is 1.61. The van der Waals surface area contributed by atoms with E-state index in [1.165, 1.54) is 0 Å². The number of hydrogen-bond acceptors (Lipinski definition) is 7. The van der Waals surface area contributed by atoms with Crippen molar-refractivity contribution in [2.24, 2.45) is 0 Å². The van der Waals surface area contributed by atoms with Crippen molar-refractivity contribution < 1.29 is 23.7 Å². The highest BCUT2D eigenvalue weighted by Gasteiger charge is 2.02. The Labute approximate surface area is 193 Å². The summed E-state index contributed by atoms with van der Waals surface area (Å²) in [4.78, 5) is 8.66. The molecule has 2 aromatic carbocycles. The second-order valence-electron chi connectivity index (χ2n) is 7.22. The zero-order chi connectivity index (χ0) is 22.6. The van der Waals surface area contributed by atoms with Gasteiger partial charge in [-0.3, -0.25) is 9.97 Å². The Morgan fingerprint density at radius 1 is 0.545 bits per heavy atom. The predicted molar refractivity (Wildman–Crippen MR) is 127 cm³/mol. The Bertz CT molecular complexity index is 1130. The van der Waals surface area contributed by atoms with Crippen LogP contribution in [0.2, 0.25) is 0 Å². The number of nitrogens with zero attached hydrogens (tertiary/aromatic N) is 2. The summed E-state index contributed by atoms with van der Waals surface area (Å²) in [7, 11) is 0. The van der Waals surface area contributed by atoms with Crippen LogP contribution in [0.4, 0.5) is 0 Å². The van der Waals surface area contributed by atoms with E-state index in [1.807, 2.05) is 60.7 Å². The zero-order valence-corrected chi connectivity index (χ0v) is 18.5. The van der Waals surface area contributed by atoms with Crippen molar-refractivity contribution in [1.82, 2.24) is 9.97 Å². The predicted octanol–water partition coefficient (Wildman–Crippen LogP) is 4.29. The SMILES string of the molecule is c1cnc2cc(OCCOCCOCCOCCOc3ccnc4ccccc34)ccc2c1. The first-order chi connectivity index (χ1) is 16.4. The van der Waals surface area contributed by atoms with Crippen LogP contribution in [-0.4, -0.2) is 62.8 Å². The second kappa shape index (κ2) is 12.7. The number of rotatable bonds is 14. The highest BCUT2D eigenvalue weighted by molar-refractivity contribution is 5.84. The van der Waals surface area contributed by atoms with E-state index in [4.69, 9.17) is 23.7 Å². The Kier molecular flexibility index (Phi) is 8.82. The molecular weight excluding hydrogens is 420 g/mol. The monoisotopic (exact) mass is 448 g/mol. The molecule has 0 amide bonds. The van der Waals surface area contributed by atoms with Crippen LogP contribution in [0.5, 0.6) is 11.5 Å². The number of pyridine rings is 2. The summed E-state index contributed by atoms with van der Waals surface area (Å²) in [6, 6.07) is 19.6. The molecule has 0 bridgehead atoms. The molecule has 0 spiro atoms. The maximum Gasteiger partial charge on any atom is 0.130 e. The molecule has 0 aliphatic heterocycles. The summed E-state index contributed by atoms with van der Waals surface area (Å²) in [6.45, 7) is 4.02. The maximum atomic E-state index is 5.81. The van der Waals surface area contributed by atoms with Crippen molar-refractivity contribution in [3.05, 3.63) is 73.1 Å². The number of ether oxygens (including phenoxy) is 5. The molecule has 0 radical (unpaired) electrons. The highest BCUT2D eigenvalue weighted by Crippen LogP contribution is 2.23. The molecule has 7 heteroatoms. The van der Waals surface area contributed by atoms with E-state index in [9.17, 15) is 0 Å². The van der Waals surface area contributed by atoms with E-state index in [-0.39, 0.29) is 0 Å². The highest BCUT2D eigenvalue weighted by atomic mass is 16.6. The molecule has 2 heterocycles. The molecule has 4 rings (SSSR count). The van der Waals surface area contributed by atoms with Gasteiger partial charge in [-0.05, 0) is 36.4 Å². The van der Waals surface area contributed by atoms with E-state index in [0.717, 1.165) is 33.3 Å². The van der Waals surface area contributed by atoms with Gasteiger partial charge in [-0.1, -0.05) is 18.2 Å². The summed E-state index contributed by atoms with van der Waals surface area (Å²) in [5.41, 5.74) is 1.84. The fraction of sp³-hybridized carbons (Fsp3) is 0.308. The molecule has 0 saturated heterocycles. The van der Waals surface area contributed by atoms with Crippen LogP contribution < -0.4 is 9.47 Å². The largest absolute Gasteiger partial charge is 0.491 e. The topological polar surface area (TPSA) is 71.9 Å². The van der Waals surface area contributed by atoms with Gasteiger partial charge in [-0.25, -0.2) is 0 Å². The Morgan fingerprint density at radius 2 is 1.24 bits per heavy atom. The molecule has 2 aromatic heterocycles. The Balaban J connectivity index is 0.980. The van der Waals surface area contributed by atoms with E-state index < -0.39 is 0 Å². The Morgan fingerprint density at radius 3 is 2.06 bits per heavy atom. The minimum absolute atomic E-state index is 0.477. The molecule has 7 nitrogen and oxygen atoms in total. The van der Waals surface area contributed by atoms with E-state index in [1.54, 1.807) is 12.4 Å². The van der Waals surface area contributed by atoms with Gasteiger partial charge >= 0.3 is 0 Å². The van der Waals surface area contributed by atoms with Crippen molar-refractivity contribution in [1.29, 1.82) is 0 Å². The average molecular weight is 449 g/mol. The van der Waals surface area contributed by atoms with Gasteiger partial charge in [-0.15, -0.1) is 0 Å². The standard InChI is InChI=1S/C26H28N2O5/c1-2-6-24-23(5-1)26(9-11-28-24)33-19-17-31-15-13-29-12-14-30-16-18-32-22-8-7-21-4-3-10-27-25(21)20-22/h1-11,20H,12-19H2. The van der Waals surface area contributed by atoms with Crippen molar-refractivity contribution in [3.63, 3.8) is 0 Å². The molecule has 0 aliphatic rings. The second-order valence-corrected chi connectivity index (χ2v) is 7.22. The van der Waals surface area contributed by atoms with Gasteiger partial charge < -0.3 is 23.7 Å². The lowest BCUT2D eigenvalue weighted by atomic mass is 10.2. The van der Waals surface area contributed by atoms with Crippen molar-refractivity contribution in [3.8, 4) is 11.5 Å². The number of aromatic nitrogens is 2. The summed E-state index contributed by atoms with van der Waals surface area (Å²) < 4.78 is 28.1. The normalized spacial score (nSPS) is 11.2. The summed E-state index contributed by atoms with van der Waals surface area (Å²) in [6.07, 6.45) is 3.53. The number of fused-ring (bicyclic) bond motifs is 2. The fourth-order valence-electron chi connectivity index (χ4n) is 3.30. The molecule has 0 saturated carbocycles. The van der Waals surface area contributed by atoms with E-state index in [2.05, 4.69) is 9.97 Å². The third-order valence-corrected chi connectivity index (χ3v) is 4.91. The third-order valence-electron chi connectivity index (χ3n) is 4.91. The van der Waals surface area contributed by atoms with Crippen LogP contribution in [0.3, 0.4) is 0 Å². The van der Waals surface area contributed by atoms with Gasteiger partial charge in [0.2, 0.25) is 0 Å². The number of para-hydroxylation sites is 1. The zero-order valence-electron chi connectivity index (χ0n) is 18.5. The molecule has 0 N–H and O–H groups in total. The first kappa shape index (κ1) is 22.9. The average Bonchev–Trinajstić information content (AvgIpc) is 2.87. The molecule has 172 valence electrons. The van der Waals surface area contributed by atoms with Crippen LogP contribution in [-0.2, 0) is 14.2 Å². The summed E-state index contributed by atoms with van der Waals surface area (Å²) >= 11 is 0. The van der Waals surface area contributed by atoms with Gasteiger partial charge in [-0.2, -0.15) is 0 Å². The Hall–Kier alpha value is -3.26. The molecule has 0 unspecified atom stereocenters. The van der Waals surface area contributed by atoms with Crippen LogP contribution >= 0.6 is 0 Å². The van der Waals surface area contributed by atoms with Gasteiger partial charge in [0, 0.05) is 29.2 Å². The summed E-state index contributed by atoms with van der Waals surface area (Å²) in [5, 5.41) is 2.10. The number of hydrogen-bond donors (Lipinski definition) is 0. The van der Waals surface area contributed by atoms with Gasteiger partial charge in [0.15, 0.2) is 0 Å². The van der Waals surface area contributed by atoms with Crippen LogP contribution in [0.1, 0.15) is 0 Å². The smallest absolute Gasteiger partial charge is 0.130 e. The molecule has 0 fully saturated rings. The van der Waals surface area contributed by atoms with Gasteiger partial charge in [0.1, 0.15) is 24.7 Å². The van der Waals surface area contributed by atoms with E-state index in [0.29, 0.717) is 52.9 Å². The maximum absolute atomic E-state index is 5.81. The lowest BCUT2D eigenvalue weighted by molar-refractivity contribution is 0.00506. The fourth-order valence-corrected chi connectivity index (χ4v) is 3.30. The van der Waals surface area contributed by atoms with Crippen molar-refractivity contribution in [2.45, 2.75) is 0 Å². The minimum Gasteiger partial charge on any atom is -0.491 e. The first-order valence-corrected chi connectivity index (χ1v) is 11.1. The van der Waals surface area contributed by atoms with Gasteiger partial charge in [0.05, 0.1) is 50.7 Å². The quantitative estimate of drug-likeness (QED) is 0.267. The van der Waals surface area contributed by atoms with Crippen molar-refractivity contribution >= 4 is 21.8 Å². The van der Waals surface area contributed by atoms with Crippen LogP contribution in [0.15, 0.2) is 73.1 Å². The van der Waals surface area contributed by atoms with Crippen molar-refractivity contribution in [2.75, 3.05) is 52.9 Å². The molecule has 33 heavy (non-hydrogen) atoms.